The molecule has 2 nitrogen and oxygen atoms in total. The third-order valence-electron chi connectivity index (χ3n) is 2.53. The van der Waals surface area contributed by atoms with Gasteiger partial charge in [-0.15, -0.1) is 0 Å². The zero-order chi connectivity index (χ0) is 15.2. The summed E-state index contributed by atoms with van der Waals surface area (Å²) in [6, 6.07) is 13.1. The van der Waals surface area contributed by atoms with E-state index in [-0.39, 0.29) is 0 Å². The van der Waals surface area contributed by atoms with E-state index in [1.165, 1.54) is 0 Å². The number of nitrogens with zero attached hydrogens (tertiary/aromatic N) is 1. The quantitative estimate of drug-likeness (QED) is 0.458. The molecule has 0 spiro atoms. The van der Waals surface area contributed by atoms with Gasteiger partial charge in [0.1, 0.15) is 0 Å². The number of hydrogen-bond donors (Lipinski definition) is 1. The number of hydrogen-bond acceptors (Lipinski definition) is 2. The summed E-state index contributed by atoms with van der Waals surface area (Å²) in [7, 11) is 0. The van der Waals surface area contributed by atoms with Crippen LogP contribution in [0, 0.1) is 0 Å². The minimum Gasteiger partial charge on any atom is -0.275 e. The molecule has 1 N–H and O–H groups in total. The van der Waals surface area contributed by atoms with Crippen molar-refractivity contribution in [3.8, 4) is 0 Å². The zero-order valence-corrected chi connectivity index (χ0v) is 14.5. The highest BCUT2D eigenvalue weighted by molar-refractivity contribution is 9.15. The van der Waals surface area contributed by atoms with Gasteiger partial charge in [0.05, 0.1) is 15.7 Å². The number of benzene rings is 2. The van der Waals surface area contributed by atoms with E-state index in [9.17, 15) is 0 Å². The van der Waals surface area contributed by atoms with Crippen molar-refractivity contribution in [1.82, 2.24) is 0 Å². The van der Waals surface area contributed by atoms with Crippen LogP contribution in [0.25, 0.3) is 4.48 Å². The number of halogens is 4. The van der Waals surface area contributed by atoms with Crippen LogP contribution < -0.4 is 5.43 Å². The highest BCUT2D eigenvalue weighted by Crippen LogP contribution is 2.33. The highest BCUT2D eigenvalue weighted by atomic mass is 79.9. The molecule has 0 aliphatic heterocycles. The predicted octanol–water partition coefficient (Wildman–Crippen LogP) is 6.48. The maximum absolute atomic E-state index is 6.04. The van der Waals surface area contributed by atoms with Crippen LogP contribution in [0.4, 0.5) is 5.69 Å². The first-order valence-corrected chi connectivity index (χ1v) is 7.85. The summed E-state index contributed by atoms with van der Waals surface area (Å²) < 4.78 is 0.918. The largest absolute Gasteiger partial charge is 0.275 e. The van der Waals surface area contributed by atoms with Gasteiger partial charge in [0.25, 0.3) is 0 Å². The Balaban J connectivity index is 2.07. The van der Waals surface area contributed by atoms with Crippen molar-refractivity contribution in [3.63, 3.8) is 0 Å². The molecule has 0 heterocycles. The molecule has 0 fully saturated rings. The second kappa shape index (κ2) is 7.85. The molecule has 0 aliphatic carbocycles. The lowest BCUT2D eigenvalue weighted by Gasteiger charge is -2.06. The van der Waals surface area contributed by atoms with Crippen molar-refractivity contribution in [2.75, 3.05) is 5.43 Å². The minimum atomic E-state index is 0.413. The zero-order valence-electron chi connectivity index (χ0n) is 10.7. The van der Waals surface area contributed by atoms with Crippen molar-refractivity contribution in [2.24, 2.45) is 5.10 Å². The Morgan fingerprint density at radius 3 is 2.29 bits per heavy atom. The maximum atomic E-state index is 6.04. The standard InChI is InChI=1S/C15H10BrCl3N2/c16-12(10-4-2-1-3-5-10)6-7-20-21-15-13(18)8-11(17)9-14(15)19/h1-9,21H/b12-6-,20-7-. The van der Waals surface area contributed by atoms with Crippen LogP contribution in [0.1, 0.15) is 5.56 Å². The Hall–Kier alpha value is -1.00. The smallest absolute Gasteiger partial charge is 0.0935 e. The van der Waals surface area contributed by atoms with Crippen LogP contribution in [0.3, 0.4) is 0 Å². The summed E-state index contributed by atoms with van der Waals surface area (Å²) in [5, 5.41) is 5.37. The van der Waals surface area contributed by atoms with Gasteiger partial charge in [0, 0.05) is 15.7 Å². The van der Waals surface area contributed by atoms with Gasteiger partial charge in [-0.25, -0.2) is 0 Å². The third-order valence-corrected chi connectivity index (χ3v) is 4.06. The van der Waals surface area contributed by atoms with Crippen LogP contribution in [-0.4, -0.2) is 6.21 Å². The summed E-state index contributed by atoms with van der Waals surface area (Å²) in [4.78, 5) is 0. The van der Waals surface area contributed by atoms with Gasteiger partial charge < -0.3 is 0 Å². The van der Waals surface area contributed by atoms with Gasteiger partial charge in [0.15, 0.2) is 0 Å². The summed E-state index contributed by atoms with van der Waals surface area (Å²) in [5.41, 5.74) is 4.38. The van der Waals surface area contributed by atoms with Crippen molar-refractivity contribution in [2.45, 2.75) is 0 Å². The van der Waals surface area contributed by atoms with E-state index >= 15 is 0 Å². The molecule has 6 heteroatoms. The van der Waals surface area contributed by atoms with Gasteiger partial charge in [-0.3, -0.25) is 5.43 Å². The van der Waals surface area contributed by atoms with E-state index in [0.29, 0.717) is 20.8 Å². The molecule has 0 unspecified atom stereocenters. The summed E-state index contributed by atoms with van der Waals surface area (Å²) in [6.45, 7) is 0. The highest BCUT2D eigenvalue weighted by Gasteiger charge is 2.06. The van der Waals surface area contributed by atoms with Crippen LogP contribution in [0.5, 0.6) is 0 Å². The van der Waals surface area contributed by atoms with Crippen molar-refractivity contribution in [1.29, 1.82) is 0 Å². The summed E-state index contributed by atoms with van der Waals surface area (Å²) >= 11 is 21.4. The van der Waals surface area contributed by atoms with Crippen LogP contribution in [0.2, 0.25) is 15.1 Å². The van der Waals surface area contributed by atoms with Gasteiger partial charge in [-0.2, -0.15) is 5.10 Å². The molecule has 2 aromatic carbocycles. The molecule has 0 atom stereocenters. The molecular formula is C15H10BrCl3N2. The molecule has 2 rings (SSSR count). The fourth-order valence-corrected chi connectivity index (χ4v) is 2.83. The lowest BCUT2D eigenvalue weighted by molar-refractivity contribution is 1.36. The fourth-order valence-electron chi connectivity index (χ4n) is 1.55. The van der Waals surface area contributed by atoms with Crippen molar-refractivity contribution in [3.05, 3.63) is 69.2 Å². The van der Waals surface area contributed by atoms with Crippen LogP contribution in [-0.2, 0) is 0 Å². The monoisotopic (exact) mass is 402 g/mol. The summed E-state index contributed by atoms with van der Waals surface area (Å²) in [5.74, 6) is 0. The first-order chi connectivity index (χ1) is 10.1. The molecule has 0 saturated heterocycles. The number of allylic oxidation sites excluding steroid dienone is 1. The van der Waals surface area contributed by atoms with Gasteiger partial charge in [-0.1, -0.05) is 81.1 Å². The van der Waals surface area contributed by atoms with Crippen molar-refractivity contribution >= 4 is 67.1 Å². The molecule has 21 heavy (non-hydrogen) atoms. The number of hydrazone groups is 1. The van der Waals surface area contributed by atoms with Crippen LogP contribution in [0.15, 0.2) is 53.6 Å². The average molecular weight is 405 g/mol. The van der Waals surface area contributed by atoms with Gasteiger partial charge in [-0.05, 0) is 23.8 Å². The summed E-state index contributed by atoms with van der Waals surface area (Å²) in [6.07, 6.45) is 3.43. The van der Waals surface area contributed by atoms with E-state index in [1.807, 2.05) is 36.4 Å². The predicted molar refractivity (Wildman–Crippen MR) is 96.9 cm³/mol. The molecule has 0 amide bonds. The maximum Gasteiger partial charge on any atom is 0.0935 e. The Labute approximate surface area is 146 Å². The molecule has 0 aliphatic rings. The van der Waals surface area contributed by atoms with E-state index in [2.05, 4.69) is 26.5 Å². The van der Waals surface area contributed by atoms with Crippen LogP contribution >= 0.6 is 50.7 Å². The van der Waals surface area contributed by atoms with E-state index in [4.69, 9.17) is 34.8 Å². The second-order valence-corrected chi connectivity index (χ2v) is 6.12. The third kappa shape index (κ3) is 4.75. The Morgan fingerprint density at radius 1 is 1.05 bits per heavy atom. The topological polar surface area (TPSA) is 24.4 Å². The molecular weight excluding hydrogens is 394 g/mol. The first-order valence-electron chi connectivity index (χ1n) is 5.93. The van der Waals surface area contributed by atoms with Gasteiger partial charge in [0.2, 0.25) is 0 Å². The molecule has 0 aromatic heterocycles. The van der Waals surface area contributed by atoms with E-state index in [0.717, 1.165) is 10.0 Å². The molecule has 0 radical (unpaired) electrons. The van der Waals surface area contributed by atoms with E-state index < -0.39 is 0 Å². The Morgan fingerprint density at radius 2 is 1.67 bits per heavy atom. The van der Waals surface area contributed by atoms with E-state index in [1.54, 1.807) is 18.3 Å². The van der Waals surface area contributed by atoms with Gasteiger partial charge >= 0.3 is 0 Å². The van der Waals surface area contributed by atoms with Crippen molar-refractivity contribution < 1.29 is 0 Å². The second-order valence-electron chi connectivity index (χ2n) is 4.02. The number of nitrogens with one attached hydrogen (secondary N) is 1. The Bertz CT molecular complexity index is 662. The molecule has 108 valence electrons. The number of rotatable bonds is 4. The Kier molecular flexibility index (Phi) is 6.12. The lowest BCUT2D eigenvalue weighted by atomic mass is 10.2. The minimum absolute atomic E-state index is 0.413. The lowest BCUT2D eigenvalue weighted by Crippen LogP contribution is -1.91. The first kappa shape index (κ1) is 16.4. The fraction of sp³-hybridized carbons (Fsp3) is 0. The molecule has 2 aromatic rings. The number of anilines is 1. The normalized spacial score (nSPS) is 11.9. The molecule has 0 saturated carbocycles. The molecule has 0 bridgehead atoms. The average Bonchev–Trinajstić information content (AvgIpc) is 2.46. The SMILES string of the molecule is Clc1cc(Cl)c(N/N=C\C=C(/Br)c2ccccc2)c(Cl)c1.